The number of carbonyl (C=O) groups is 2. The van der Waals surface area contributed by atoms with Gasteiger partial charge < -0.3 is 4.74 Å². The van der Waals surface area contributed by atoms with Crippen LogP contribution in [-0.2, 0) is 14.3 Å². The van der Waals surface area contributed by atoms with Crippen LogP contribution in [-0.4, -0.2) is 17.4 Å². The van der Waals surface area contributed by atoms with Crippen LogP contribution in [0.15, 0.2) is 0 Å². The Bertz CT molecular complexity index is 186. The van der Waals surface area contributed by atoms with Crippen LogP contribution in [0.3, 0.4) is 0 Å². The molecule has 0 unspecified atom stereocenters. The Kier molecular flexibility index (Phi) is 2.50. The minimum Gasteiger partial charge on any atom is -0.458 e. The third-order valence-corrected chi connectivity index (χ3v) is 2.48. The van der Waals surface area contributed by atoms with Crippen molar-refractivity contribution in [3.8, 4) is 0 Å². The van der Waals surface area contributed by atoms with Gasteiger partial charge in [-0.3, -0.25) is 9.59 Å². The lowest BCUT2D eigenvalue weighted by atomic mass is 9.88. The quantitative estimate of drug-likeness (QED) is 0.465. The third-order valence-electron chi connectivity index (χ3n) is 2.48. The van der Waals surface area contributed by atoms with E-state index in [1.807, 2.05) is 13.8 Å². The Morgan fingerprint density at radius 2 is 1.92 bits per heavy atom. The maximum absolute atomic E-state index is 11.1. The smallest absolute Gasteiger partial charge is 0.313 e. The van der Waals surface area contributed by atoms with E-state index >= 15 is 0 Å². The van der Waals surface area contributed by atoms with Crippen molar-refractivity contribution in [3.05, 3.63) is 0 Å². The number of ether oxygens (including phenoxy) is 1. The number of ketones is 1. The number of hydrogen-bond acceptors (Lipinski definition) is 3. The van der Waals surface area contributed by atoms with Crippen molar-refractivity contribution >= 4 is 11.8 Å². The molecule has 0 aromatic rings. The van der Waals surface area contributed by atoms with Gasteiger partial charge in [0.15, 0.2) is 0 Å². The zero-order chi connectivity index (χ0) is 9.19. The first-order chi connectivity index (χ1) is 5.62. The van der Waals surface area contributed by atoms with Crippen molar-refractivity contribution in [3.63, 3.8) is 0 Å². The lowest BCUT2D eigenvalue weighted by Crippen LogP contribution is -2.41. The van der Waals surface area contributed by atoms with Gasteiger partial charge in [0.1, 0.15) is 17.8 Å². The van der Waals surface area contributed by atoms with Crippen LogP contribution < -0.4 is 0 Å². The summed E-state index contributed by atoms with van der Waals surface area (Å²) in [6.07, 6.45) is 1.80. The Morgan fingerprint density at radius 1 is 1.33 bits per heavy atom. The van der Waals surface area contributed by atoms with Crippen molar-refractivity contribution in [2.24, 2.45) is 0 Å². The summed E-state index contributed by atoms with van der Waals surface area (Å²) in [6.45, 7) is 3.88. The van der Waals surface area contributed by atoms with Gasteiger partial charge >= 0.3 is 5.97 Å². The normalized spacial score (nSPS) is 22.2. The Balaban J connectivity index is 2.76. The van der Waals surface area contributed by atoms with E-state index in [0.717, 1.165) is 12.8 Å². The molecule has 1 rings (SSSR count). The van der Waals surface area contributed by atoms with Gasteiger partial charge in [0, 0.05) is 6.42 Å². The first-order valence-corrected chi connectivity index (χ1v) is 4.35. The number of Topliss-reactive ketones (excluding diaryl/α,β-unsaturated/α-hetero) is 1. The molecule has 1 heterocycles. The maximum atomic E-state index is 11.1. The van der Waals surface area contributed by atoms with Gasteiger partial charge in [-0.05, 0) is 12.8 Å². The van der Waals surface area contributed by atoms with Gasteiger partial charge in [0.05, 0.1) is 0 Å². The first-order valence-electron chi connectivity index (χ1n) is 4.35. The van der Waals surface area contributed by atoms with E-state index in [1.54, 1.807) is 0 Å². The summed E-state index contributed by atoms with van der Waals surface area (Å²) in [5, 5.41) is 0. The van der Waals surface area contributed by atoms with Gasteiger partial charge in [0.2, 0.25) is 0 Å². The zero-order valence-corrected chi connectivity index (χ0v) is 7.55. The largest absolute Gasteiger partial charge is 0.458 e. The van der Waals surface area contributed by atoms with Crippen molar-refractivity contribution < 1.29 is 14.3 Å². The molecule has 0 N–H and O–H groups in total. The number of esters is 1. The molecule has 0 atom stereocenters. The average Bonchev–Trinajstić information content (AvgIpc) is 2.02. The summed E-state index contributed by atoms with van der Waals surface area (Å²) in [5.74, 6) is -0.357. The highest BCUT2D eigenvalue weighted by atomic mass is 16.6. The molecule has 3 nitrogen and oxygen atoms in total. The van der Waals surface area contributed by atoms with Gasteiger partial charge in [-0.1, -0.05) is 13.8 Å². The van der Waals surface area contributed by atoms with Crippen LogP contribution in [0, 0.1) is 0 Å². The van der Waals surface area contributed by atoms with Crippen molar-refractivity contribution in [2.45, 2.75) is 45.1 Å². The van der Waals surface area contributed by atoms with E-state index in [0.29, 0.717) is 6.42 Å². The highest BCUT2D eigenvalue weighted by Crippen LogP contribution is 2.29. The van der Waals surface area contributed by atoms with E-state index < -0.39 is 5.60 Å². The van der Waals surface area contributed by atoms with Crippen LogP contribution in [0.25, 0.3) is 0 Å². The first kappa shape index (κ1) is 9.23. The van der Waals surface area contributed by atoms with Gasteiger partial charge in [-0.2, -0.15) is 0 Å². The average molecular weight is 170 g/mol. The molecule has 1 aliphatic heterocycles. The second-order valence-electron chi connectivity index (χ2n) is 3.26. The number of cyclic esters (lactones) is 1. The second kappa shape index (κ2) is 3.25. The lowest BCUT2D eigenvalue weighted by molar-refractivity contribution is -0.171. The second-order valence-corrected chi connectivity index (χ2v) is 3.26. The molecular formula is C9H14O3. The Morgan fingerprint density at radius 3 is 2.33 bits per heavy atom. The molecule has 0 amide bonds. The highest BCUT2D eigenvalue weighted by molar-refractivity contribution is 5.98. The standard InChI is InChI=1S/C9H14O3/c1-3-9(4-2)6-7(10)5-8(11)12-9/h3-6H2,1-2H3. The summed E-state index contributed by atoms with van der Waals surface area (Å²) in [7, 11) is 0. The summed E-state index contributed by atoms with van der Waals surface area (Å²) >= 11 is 0. The van der Waals surface area contributed by atoms with Crippen molar-refractivity contribution in [1.82, 2.24) is 0 Å². The van der Waals surface area contributed by atoms with Crippen LogP contribution >= 0.6 is 0 Å². The van der Waals surface area contributed by atoms with Crippen LogP contribution in [0.4, 0.5) is 0 Å². The predicted octanol–water partition coefficient (Wildman–Crippen LogP) is 1.45. The molecule has 0 saturated carbocycles. The molecule has 0 aromatic heterocycles. The van der Waals surface area contributed by atoms with Crippen LogP contribution in [0.2, 0.25) is 0 Å². The Hall–Kier alpha value is -0.860. The molecule has 1 aliphatic rings. The number of rotatable bonds is 2. The molecule has 1 saturated heterocycles. The van der Waals surface area contributed by atoms with Gasteiger partial charge in [-0.15, -0.1) is 0 Å². The Labute approximate surface area is 72.1 Å². The molecular weight excluding hydrogens is 156 g/mol. The fourth-order valence-electron chi connectivity index (χ4n) is 1.54. The van der Waals surface area contributed by atoms with E-state index in [9.17, 15) is 9.59 Å². The predicted molar refractivity (Wildman–Crippen MR) is 43.6 cm³/mol. The zero-order valence-electron chi connectivity index (χ0n) is 7.55. The number of carbonyl (C=O) groups excluding carboxylic acids is 2. The SMILES string of the molecule is CCC1(CC)CC(=O)CC(=O)O1. The van der Waals surface area contributed by atoms with E-state index in [2.05, 4.69) is 0 Å². The topological polar surface area (TPSA) is 43.4 Å². The molecule has 1 fully saturated rings. The minimum absolute atomic E-state index is 0.00921. The summed E-state index contributed by atoms with van der Waals surface area (Å²) in [6, 6.07) is 0. The van der Waals surface area contributed by atoms with E-state index in [-0.39, 0.29) is 18.2 Å². The maximum Gasteiger partial charge on any atom is 0.313 e. The molecule has 3 heteroatoms. The van der Waals surface area contributed by atoms with Crippen molar-refractivity contribution in [2.75, 3.05) is 0 Å². The molecule has 0 aromatic carbocycles. The van der Waals surface area contributed by atoms with E-state index in [4.69, 9.17) is 4.74 Å². The van der Waals surface area contributed by atoms with Crippen LogP contribution in [0.1, 0.15) is 39.5 Å². The van der Waals surface area contributed by atoms with Gasteiger partial charge in [0.25, 0.3) is 0 Å². The fourth-order valence-corrected chi connectivity index (χ4v) is 1.54. The minimum atomic E-state index is -0.494. The lowest BCUT2D eigenvalue weighted by Gasteiger charge is -2.34. The summed E-state index contributed by atoms with van der Waals surface area (Å²) < 4.78 is 5.18. The molecule has 68 valence electrons. The van der Waals surface area contributed by atoms with Crippen molar-refractivity contribution in [1.29, 1.82) is 0 Å². The summed E-state index contributed by atoms with van der Waals surface area (Å²) in [5.41, 5.74) is -0.494. The monoisotopic (exact) mass is 170 g/mol. The van der Waals surface area contributed by atoms with Crippen LogP contribution in [0.5, 0.6) is 0 Å². The summed E-state index contributed by atoms with van der Waals surface area (Å²) in [4.78, 5) is 22.1. The molecule has 0 spiro atoms. The van der Waals surface area contributed by atoms with E-state index in [1.165, 1.54) is 0 Å². The molecule has 12 heavy (non-hydrogen) atoms. The van der Waals surface area contributed by atoms with Gasteiger partial charge in [-0.25, -0.2) is 0 Å². The number of hydrogen-bond donors (Lipinski definition) is 0. The fraction of sp³-hybridized carbons (Fsp3) is 0.778. The third kappa shape index (κ3) is 1.65. The molecule has 0 aliphatic carbocycles. The molecule has 0 radical (unpaired) electrons. The molecule has 0 bridgehead atoms. The highest BCUT2D eigenvalue weighted by Gasteiger charge is 2.38.